The Hall–Kier alpha value is -3.48. The number of hydrogen-bond donors (Lipinski definition) is 2. The molecule has 2 N–H and O–H groups in total. The summed E-state index contributed by atoms with van der Waals surface area (Å²) in [7, 11) is 3.19. The lowest BCUT2D eigenvalue weighted by molar-refractivity contribution is 0.474. The van der Waals surface area contributed by atoms with E-state index in [2.05, 4.69) is 9.98 Å². The molecule has 4 aromatic carbocycles. The zero-order valence-corrected chi connectivity index (χ0v) is 18.6. The summed E-state index contributed by atoms with van der Waals surface area (Å²) in [6, 6.07) is 30.0. The predicted molar refractivity (Wildman–Crippen MR) is 135 cm³/mol. The van der Waals surface area contributed by atoms with Gasteiger partial charge in [0.1, 0.15) is 11.5 Å². The van der Waals surface area contributed by atoms with Crippen molar-refractivity contribution in [2.75, 3.05) is 0 Å². The maximum Gasteiger partial charge on any atom is 0.124 e. The van der Waals surface area contributed by atoms with Gasteiger partial charge < -0.3 is 10.2 Å². The van der Waals surface area contributed by atoms with E-state index in [4.69, 9.17) is 0 Å². The van der Waals surface area contributed by atoms with Gasteiger partial charge >= 0.3 is 0 Å². The second-order valence-corrected chi connectivity index (χ2v) is 8.95. The summed E-state index contributed by atoms with van der Waals surface area (Å²) in [5.74, 6) is 0.402. The van der Waals surface area contributed by atoms with E-state index in [1.807, 2.05) is 72.8 Å². The Kier molecular flexibility index (Phi) is 7.27. The van der Waals surface area contributed by atoms with Gasteiger partial charge in [-0.3, -0.25) is 9.98 Å². The van der Waals surface area contributed by atoms with E-state index in [0.29, 0.717) is 11.1 Å². The molecule has 0 amide bonds. The molecule has 0 unspecified atom stereocenters. The molecule has 32 heavy (non-hydrogen) atoms. The zero-order chi connectivity index (χ0) is 22.2. The number of nitrogens with zero attached hydrogens (tertiary/aromatic N) is 2. The Labute approximate surface area is 194 Å². The maximum atomic E-state index is 9.96. The van der Waals surface area contributed by atoms with Crippen LogP contribution in [0.1, 0.15) is 11.1 Å². The highest BCUT2D eigenvalue weighted by Gasteiger charge is 2.07. The maximum absolute atomic E-state index is 9.96. The number of para-hydroxylation sites is 4. The van der Waals surface area contributed by atoms with Gasteiger partial charge in [0.15, 0.2) is 0 Å². The molecule has 6 heteroatoms. The molecule has 0 spiro atoms. The van der Waals surface area contributed by atoms with Gasteiger partial charge in [0, 0.05) is 33.3 Å². The summed E-state index contributed by atoms with van der Waals surface area (Å²) < 4.78 is 0. The van der Waals surface area contributed by atoms with Crippen molar-refractivity contribution in [3.8, 4) is 11.5 Å². The SMILES string of the molecule is Oc1ccccc1/C=N/c1ccccc1SSc1ccccc1/N=C/c1ccccc1O. The first-order chi connectivity index (χ1) is 15.7. The lowest BCUT2D eigenvalue weighted by Gasteiger charge is -2.07. The third kappa shape index (κ3) is 5.60. The molecule has 4 aromatic rings. The van der Waals surface area contributed by atoms with Crippen molar-refractivity contribution in [2.24, 2.45) is 9.98 Å². The highest BCUT2D eigenvalue weighted by atomic mass is 33.1. The van der Waals surface area contributed by atoms with Crippen LogP contribution in [0.5, 0.6) is 11.5 Å². The molecule has 0 saturated heterocycles. The predicted octanol–water partition coefficient (Wildman–Crippen LogP) is 7.40. The number of rotatable bonds is 7. The second kappa shape index (κ2) is 10.7. The first-order valence-electron chi connectivity index (χ1n) is 9.87. The molecular weight excluding hydrogens is 436 g/mol. The van der Waals surface area contributed by atoms with E-state index >= 15 is 0 Å². The smallest absolute Gasteiger partial charge is 0.124 e. The molecule has 4 nitrogen and oxygen atoms in total. The van der Waals surface area contributed by atoms with Gasteiger partial charge in [-0.1, -0.05) is 70.1 Å². The van der Waals surface area contributed by atoms with Crippen LogP contribution in [0.25, 0.3) is 0 Å². The fourth-order valence-corrected chi connectivity index (χ4v) is 5.07. The van der Waals surface area contributed by atoms with E-state index in [1.165, 1.54) is 0 Å². The fourth-order valence-electron chi connectivity index (χ4n) is 2.83. The molecule has 0 saturated carbocycles. The lowest BCUT2D eigenvalue weighted by atomic mass is 10.2. The summed E-state index contributed by atoms with van der Waals surface area (Å²) in [5, 5.41) is 19.9. The molecule has 0 radical (unpaired) electrons. The molecule has 4 rings (SSSR count). The lowest BCUT2D eigenvalue weighted by Crippen LogP contribution is -1.82. The number of hydrogen-bond acceptors (Lipinski definition) is 6. The van der Waals surface area contributed by atoms with Crippen LogP contribution in [0, 0.1) is 0 Å². The monoisotopic (exact) mass is 456 g/mol. The summed E-state index contributed by atoms with van der Waals surface area (Å²) in [6.07, 6.45) is 3.34. The van der Waals surface area contributed by atoms with Crippen molar-refractivity contribution in [1.29, 1.82) is 0 Å². The van der Waals surface area contributed by atoms with Crippen molar-refractivity contribution in [2.45, 2.75) is 9.79 Å². The van der Waals surface area contributed by atoms with E-state index in [9.17, 15) is 10.2 Å². The van der Waals surface area contributed by atoms with Crippen molar-refractivity contribution >= 4 is 45.4 Å². The van der Waals surface area contributed by atoms with Crippen LogP contribution in [-0.4, -0.2) is 22.6 Å². The topological polar surface area (TPSA) is 65.2 Å². The molecular formula is C26H20N2O2S2. The van der Waals surface area contributed by atoms with Gasteiger partial charge in [-0.05, 0) is 48.5 Å². The van der Waals surface area contributed by atoms with E-state index in [0.717, 1.165) is 21.2 Å². The fraction of sp³-hybridized carbons (Fsp3) is 0. The third-order valence-corrected chi connectivity index (χ3v) is 6.97. The Morgan fingerprint density at radius 2 is 0.875 bits per heavy atom. The molecule has 0 heterocycles. The first-order valence-corrected chi connectivity index (χ1v) is 12.0. The van der Waals surface area contributed by atoms with Crippen LogP contribution in [-0.2, 0) is 0 Å². The quantitative estimate of drug-likeness (QED) is 0.225. The van der Waals surface area contributed by atoms with Crippen molar-refractivity contribution in [3.63, 3.8) is 0 Å². The van der Waals surface area contributed by atoms with Crippen LogP contribution in [0.4, 0.5) is 11.4 Å². The highest BCUT2D eigenvalue weighted by molar-refractivity contribution is 8.76. The number of phenolic OH excluding ortho intramolecular Hbond substituents is 2. The van der Waals surface area contributed by atoms with Gasteiger partial charge in [-0.25, -0.2) is 0 Å². The summed E-state index contributed by atoms with van der Waals surface area (Å²) in [5.41, 5.74) is 2.99. The number of aliphatic imine (C=N–C) groups is 2. The summed E-state index contributed by atoms with van der Waals surface area (Å²) in [4.78, 5) is 11.2. The van der Waals surface area contributed by atoms with Crippen LogP contribution in [0.15, 0.2) is 117 Å². The molecule has 0 aliphatic carbocycles. The van der Waals surface area contributed by atoms with E-state index in [1.54, 1.807) is 58.3 Å². The molecule has 0 atom stereocenters. The van der Waals surface area contributed by atoms with Gasteiger partial charge in [0.2, 0.25) is 0 Å². The zero-order valence-electron chi connectivity index (χ0n) is 17.0. The van der Waals surface area contributed by atoms with Crippen LogP contribution >= 0.6 is 21.6 Å². The van der Waals surface area contributed by atoms with Gasteiger partial charge in [0.05, 0.1) is 11.4 Å². The normalized spacial score (nSPS) is 11.4. The Balaban J connectivity index is 1.52. The molecule has 0 aromatic heterocycles. The average molecular weight is 457 g/mol. The van der Waals surface area contributed by atoms with Crippen molar-refractivity contribution in [3.05, 3.63) is 108 Å². The van der Waals surface area contributed by atoms with Crippen LogP contribution in [0.3, 0.4) is 0 Å². The summed E-state index contributed by atoms with van der Waals surface area (Å²) in [6.45, 7) is 0. The molecule has 0 aliphatic heterocycles. The molecule has 0 bridgehead atoms. The molecule has 0 fully saturated rings. The minimum Gasteiger partial charge on any atom is -0.507 e. The number of aromatic hydroxyl groups is 2. The second-order valence-electron chi connectivity index (χ2n) is 6.74. The third-order valence-electron chi connectivity index (χ3n) is 4.51. The average Bonchev–Trinajstić information content (AvgIpc) is 2.83. The number of phenols is 2. The van der Waals surface area contributed by atoms with Crippen LogP contribution in [0.2, 0.25) is 0 Å². The summed E-state index contributed by atoms with van der Waals surface area (Å²) >= 11 is 0. The van der Waals surface area contributed by atoms with Gasteiger partial charge in [-0.15, -0.1) is 0 Å². The van der Waals surface area contributed by atoms with Gasteiger partial charge in [-0.2, -0.15) is 0 Å². The highest BCUT2D eigenvalue weighted by Crippen LogP contribution is 2.44. The van der Waals surface area contributed by atoms with Crippen molar-refractivity contribution < 1.29 is 10.2 Å². The van der Waals surface area contributed by atoms with E-state index in [-0.39, 0.29) is 11.5 Å². The van der Waals surface area contributed by atoms with Crippen LogP contribution < -0.4 is 0 Å². The van der Waals surface area contributed by atoms with Gasteiger partial charge in [0.25, 0.3) is 0 Å². The Bertz CT molecular complexity index is 1170. The standard InChI is InChI=1S/C26H20N2O2S2/c29-23-13-5-1-9-19(23)17-27-21-11-3-7-15-25(21)31-32-26-16-8-4-12-22(26)28-18-20-10-2-6-14-24(20)30/h1-18,29-30H/b27-17+,28-18+. The minimum absolute atomic E-state index is 0.201. The Morgan fingerprint density at radius 1 is 0.500 bits per heavy atom. The molecule has 158 valence electrons. The van der Waals surface area contributed by atoms with Crippen molar-refractivity contribution in [1.82, 2.24) is 0 Å². The molecule has 0 aliphatic rings. The first kappa shape index (κ1) is 21.7. The number of benzene rings is 4. The minimum atomic E-state index is 0.201. The van der Waals surface area contributed by atoms with E-state index < -0.39 is 0 Å². The largest absolute Gasteiger partial charge is 0.507 e. The Morgan fingerprint density at radius 3 is 1.31 bits per heavy atom.